The lowest BCUT2D eigenvalue weighted by atomic mass is 10.1. The van der Waals surface area contributed by atoms with Gasteiger partial charge in [0.25, 0.3) is 5.91 Å². The third-order valence-electron chi connectivity index (χ3n) is 3.33. The van der Waals surface area contributed by atoms with Crippen molar-refractivity contribution in [1.82, 2.24) is 15.2 Å². The van der Waals surface area contributed by atoms with E-state index in [9.17, 15) is 4.79 Å². The highest BCUT2D eigenvalue weighted by atomic mass is 16.2. The van der Waals surface area contributed by atoms with Gasteiger partial charge in [0, 0.05) is 43.6 Å². The van der Waals surface area contributed by atoms with Gasteiger partial charge in [-0.25, -0.2) is 0 Å². The Labute approximate surface area is 121 Å². The molecule has 1 aromatic heterocycles. The van der Waals surface area contributed by atoms with E-state index in [1.165, 1.54) is 0 Å². The molecule has 0 unspecified atom stereocenters. The van der Waals surface area contributed by atoms with Gasteiger partial charge in [0.05, 0.1) is 0 Å². The maximum Gasteiger partial charge on any atom is 0.270 e. The third kappa shape index (κ3) is 3.93. The van der Waals surface area contributed by atoms with E-state index in [0.717, 1.165) is 31.9 Å². The summed E-state index contributed by atoms with van der Waals surface area (Å²) in [5.74, 6) is -0.117. The smallest absolute Gasteiger partial charge is 0.270 e. The Morgan fingerprint density at radius 1 is 1.25 bits per heavy atom. The van der Waals surface area contributed by atoms with E-state index in [1.807, 2.05) is 32.9 Å². The van der Waals surface area contributed by atoms with Gasteiger partial charge in [0.15, 0.2) is 0 Å². The molecule has 0 aliphatic carbocycles. The Bertz CT molecular complexity index is 473. The summed E-state index contributed by atoms with van der Waals surface area (Å²) in [5.41, 5.74) is 1.31. The van der Waals surface area contributed by atoms with Gasteiger partial charge in [-0.2, -0.15) is 0 Å². The van der Waals surface area contributed by atoms with E-state index in [1.54, 1.807) is 6.20 Å². The zero-order valence-electron chi connectivity index (χ0n) is 12.8. The number of piperazine rings is 1. The maximum atomic E-state index is 12.1. The molecule has 2 heterocycles. The second-order valence-corrected chi connectivity index (χ2v) is 6.39. The Morgan fingerprint density at radius 3 is 2.50 bits per heavy atom. The zero-order valence-corrected chi connectivity index (χ0v) is 12.8. The second-order valence-electron chi connectivity index (χ2n) is 6.39. The van der Waals surface area contributed by atoms with E-state index >= 15 is 0 Å². The van der Waals surface area contributed by atoms with Crippen molar-refractivity contribution in [2.75, 3.05) is 38.1 Å². The van der Waals surface area contributed by atoms with Gasteiger partial charge in [-0.1, -0.05) is 0 Å². The number of hydrogen-bond acceptors (Lipinski definition) is 4. The third-order valence-corrected chi connectivity index (χ3v) is 3.33. The number of carbonyl (C=O) groups excluding carboxylic acids is 1. The van der Waals surface area contributed by atoms with E-state index in [2.05, 4.69) is 27.1 Å². The fraction of sp³-hybridized carbons (Fsp3) is 0.600. The first kappa shape index (κ1) is 14.8. The van der Waals surface area contributed by atoms with Crippen LogP contribution in [0.3, 0.4) is 0 Å². The molecule has 1 saturated heterocycles. The van der Waals surface area contributed by atoms with Crippen LogP contribution in [0.1, 0.15) is 31.3 Å². The van der Waals surface area contributed by atoms with Crippen LogP contribution in [0.15, 0.2) is 18.3 Å². The summed E-state index contributed by atoms with van der Waals surface area (Å²) in [4.78, 5) is 20.9. The lowest BCUT2D eigenvalue weighted by Gasteiger charge is -2.34. The van der Waals surface area contributed by atoms with Crippen LogP contribution in [0.2, 0.25) is 0 Å². The minimum Gasteiger partial charge on any atom is -0.369 e. The molecule has 1 aliphatic rings. The van der Waals surface area contributed by atoms with E-state index in [-0.39, 0.29) is 11.4 Å². The summed E-state index contributed by atoms with van der Waals surface area (Å²) in [6.07, 6.45) is 1.71. The maximum absolute atomic E-state index is 12.1. The summed E-state index contributed by atoms with van der Waals surface area (Å²) in [6, 6.07) is 3.85. The number of pyridine rings is 1. The summed E-state index contributed by atoms with van der Waals surface area (Å²) in [6.45, 7) is 9.97. The number of carbonyl (C=O) groups is 1. The number of likely N-dealkylation sites (N-methyl/N-ethyl adjacent to an activating group) is 1. The molecule has 0 saturated carbocycles. The Morgan fingerprint density at radius 2 is 1.90 bits per heavy atom. The average Bonchev–Trinajstić information content (AvgIpc) is 2.38. The molecule has 1 aromatic rings. The van der Waals surface area contributed by atoms with E-state index in [4.69, 9.17) is 0 Å². The van der Waals surface area contributed by atoms with Crippen molar-refractivity contribution in [3.05, 3.63) is 24.0 Å². The van der Waals surface area contributed by atoms with Crippen LogP contribution in [-0.4, -0.2) is 54.6 Å². The Balaban J connectivity index is 2.10. The first-order valence-corrected chi connectivity index (χ1v) is 7.07. The molecule has 5 heteroatoms. The molecule has 0 aromatic carbocycles. The van der Waals surface area contributed by atoms with Gasteiger partial charge in [-0.3, -0.25) is 9.78 Å². The molecule has 1 aliphatic heterocycles. The molecule has 110 valence electrons. The minimum absolute atomic E-state index is 0.117. The van der Waals surface area contributed by atoms with E-state index < -0.39 is 0 Å². The predicted molar refractivity (Wildman–Crippen MR) is 81.2 cm³/mol. The Hall–Kier alpha value is -1.62. The van der Waals surface area contributed by atoms with Crippen molar-refractivity contribution in [1.29, 1.82) is 0 Å². The number of nitrogens with one attached hydrogen (secondary N) is 1. The van der Waals surface area contributed by atoms with Gasteiger partial charge in [0.2, 0.25) is 0 Å². The van der Waals surface area contributed by atoms with Crippen LogP contribution < -0.4 is 10.2 Å². The van der Waals surface area contributed by atoms with Crippen LogP contribution in [0.5, 0.6) is 0 Å². The SMILES string of the molecule is CN1CCN(c2ccnc(C(=O)NC(C)(C)C)c2)CC1. The molecule has 1 N–H and O–H groups in total. The number of amides is 1. The van der Waals surface area contributed by atoms with Gasteiger partial charge in [-0.15, -0.1) is 0 Å². The average molecular weight is 276 g/mol. The summed E-state index contributed by atoms with van der Waals surface area (Å²) >= 11 is 0. The van der Waals surface area contributed by atoms with Crippen molar-refractivity contribution in [3.8, 4) is 0 Å². The van der Waals surface area contributed by atoms with Crippen LogP contribution >= 0.6 is 0 Å². The predicted octanol–water partition coefficient (Wildman–Crippen LogP) is 1.36. The topological polar surface area (TPSA) is 48.5 Å². The molecular formula is C15H24N4O. The molecule has 0 radical (unpaired) electrons. The highest BCUT2D eigenvalue weighted by Gasteiger charge is 2.19. The molecule has 0 bridgehead atoms. The summed E-state index contributed by atoms with van der Waals surface area (Å²) < 4.78 is 0. The van der Waals surface area contributed by atoms with Crippen LogP contribution in [0, 0.1) is 0 Å². The zero-order chi connectivity index (χ0) is 14.8. The van der Waals surface area contributed by atoms with Gasteiger partial charge in [0.1, 0.15) is 5.69 Å². The molecule has 20 heavy (non-hydrogen) atoms. The van der Waals surface area contributed by atoms with Gasteiger partial charge >= 0.3 is 0 Å². The quantitative estimate of drug-likeness (QED) is 0.886. The van der Waals surface area contributed by atoms with E-state index in [0.29, 0.717) is 5.69 Å². The fourth-order valence-electron chi connectivity index (χ4n) is 2.21. The fourth-order valence-corrected chi connectivity index (χ4v) is 2.21. The second kappa shape index (κ2) is 5.79. The molecule has 1 amide bonds. The van der Waals surface area contributed by atoms with Crippen LogP contribution in [0.25, 0.3) is 0 Å². The van der Waals surface area contributed by atoms with Crippen molar-refractivity contribution < 1.29 is 4.79 Å². The van der Waals surface area contributed by atoms with Crippen molar-refractivity contribution in [3.63, 3.8) is 0 Å². The van der Waals surface area contributed by atoms with Crippen molar-refractivity contribution in [2.45, 2.75) is 26.3 Å². The largest absolute Gasteiger partial charge is 0.369 e. The summed E-state index contributed by atoms with van der Waals surface area (Å²) in [7, 11) is 2.13. The molecule has 0 spiro atoms. The molecular weight excluding hydrogens is 252 g/mol. The first-order valence-electron chi connectivity index (χ1n) is 7.07. The van der Waals surface area contributed by atoms with Gasteiger partial charge in [-0.05, 0) is 40.0 Å². The highest BCUT2D eigenvalue weighted by Crippen LogP contribution is 2.16. The molecule has 1 fully saturated rings. The van der Waals surface area contributed by atoms with Crippen LogP contribution in [-0.2, 0) is 0 Å². The lowest BCUT2D eigenvalue weighted by molar-refractivity contribution is 0.0914. The van der Waals surface area contributed by atoms with Crippen LogP contribution in [0.4, 0.5) is 5.69 Å². The normalized spacial score (nSPS) is 17.1. The first-order chi connectivity index (χ1) is 9.35. The highest BCUT2D eigenvalue weighted by molar-refractivity contribution is 5.93. The number of aromatic nitrogens is 1. The molecule has 0 atom stereocenters. The summed E-state index contributed by atoms with van der Waals surface area (Å²) in [5, 5.41) is 2.94. The Kier molecular flexibility index (Phi) is 4.28. The number of rotatable bonds is 2. The lowest BCUT2D eigenvalue weighted by Crippen LogP contribution is -2.44. The number of hydrogen-bond donors (Lipinski definition) is 1. The van der Waals surface area contributed by atoms with Crippen molar-refractivity contribution >= 4 is 11.6 Å². The minimum atomic E-state index is -0.247. The van der Waals surface area contributed by atoms with Crippen molar-refractivity contribution in [2.24, 2.45) is 0 Å². The molecule has 5 nitrogen and oxygen atoms in total. The molecule has 2 rings (SSSR count). The number of anilines is 1. The standard InChI is InChI=1S/C15H24N4O/c1-15(2,3)17-14(20)13-11-12(5-6-16-13)19-9-7-18(4)8-10-19/h5-6,11H,7-10H2,1-4H3,(H,17,20). The van der Waals surface area contributed by atoms with Gasteiger partial charge < -0.3 is 15.1 Å². The monoisotopic (exact) mass is 276 g/mol. The number of nitrogens with zero attached hydrogens (tertiary/aromatic N) is 3.